The summed E-state index contributed by atoms with van der Waals surface area (Å²) >= 11 is 1.86. The molecule has 1 aliphatic carbocycles. The van der Waals surface area contributed by atoms with Crippen LogP contribution < -0.4 is 0 Å². The molecule has 0 saturated heterocycles. The highest BCUT2D eigenvalue weighted by Gasteiger charge is 2.46. The van der Waals surface area contributed by atoms with Crippen molar-refractivity contribution >= 4 is 152 Å². The van der Waals surface area contributed by atoms with Crippen molar-refractivity contribution in [3.05, 3.63) is 404 Å². The van der Waals surface area contributed by atoms with Crippen LogP contribution in [0.15, 0.2) is 400 Å². The Morgan fingerprint density at radius 2 is 0.617 bits per heavy atom. The van der Waals surface area contributed by atoms with Crippen LogP contribution in [-0.4, -0.2) is 15.0 Å². The number of aromatic nitrogens is 3. The number of benzene rings is 17. The summed E-state index contributed by atoms with van der Waals surface area (Å²) in [5.74, 6) is 0. The van der Waals surface area contributed by atoms with Crippen molar-refractivity contribution in [1.29, 1.82) is 0 Å². The van der Waals surface area contributed by atoms with Crippen molar-refractivity contribution in [1.82, 2.24) is 15.0 Å². The van der Waals surface area contributed by atoms with Crippen molar-refractivity contribution in [2.24, 2.45) is 0 Å². The lowest BCUT2D eigenvalue weighted by Gasteiger charge is -2.34. The van der Waals surface area contributed by atoms with Crippen molar-refractivity contribution in [2.45, 2.75) is 5.41 Å². The van der Waals surface area contributed by atoms with Gasteiger partial charge in [0.2, 0.25) is 0 Å². The van der Waals surface area contributed by atoms with E-state index in [1.165, 1.54) is 59.1 Å². The third-order valence-corrected chi connectivity index (χ3v) is 26.6. The number of hydrogen-bond acceptors (Lipinski definition) is 8. The Labute approximate surface area is 690 Å². The Hall–Kier alpha value is -15.6. The lowest BCUT2D eigenvalue weighted by molar-refractivity contribution is 0.668. The summed E-state index contributed by atoms with van der Waals surface area (Å²) in [7, 11) is 0. The van der Waals surface area contributed by atoms with Crippen LogP contribution in [0.4, 0.5) is 0 Å². The minimum absolute atomic E-state index is 0.747. The van der Waals surface area contributed by atoms with Crippen molar-refractivity contribution in [2.75, 3.05) is 0 Å². The van der Waals surface area contributed by atoms with E-state index in [1.807, 2.05) is 47.7 Å². The van der Waals surface area contributed by atoms with Gasteiger partial charge in [0.1, 0.15) is 44.5 Å². The minimum atomic E-state index is -0.748. The van der Waals surface area contributed by atoms with Gasteiger partial charge >= 0.3 is 0 Å². The molecule has 1 unspecified atom stereocenters. The first-order chi connectivity index (χ1) is 59.4. The molecule has 1 atom stereocenters. The minimum Gasteiger partial charge on any atom is -0.456 e. The molecule has 0 spiro atoms. The second-order valence-corrected chi connectivity index (χ2v) is 32.8. The van der Waals surface area contributed by atoms with E-state index in [0.29, 0.717) is 0 Å². The topological polar surface area (TPSA) is 91.2 Å². The van der Waals surface area contributed by atoms with Crippen molar-refractivity contribution in [3.63, 3.8) is 0 Å². The highest BCUT2D eigenvalue weighted by molar-refractivity contribution is 7.26. The predicted octanol–water partition coefficient (Wildman–Crippen LogP) is 31.0. The molecular formula is C112H63N3O4S. The molecule has 17 aromatic carbocycles. The highest BCUT2D eigenvalue weighted by atomic mass is 32.1. The molecule has 0 bridgehead atoms. The number of nitrogens with zero attached hydrogens (tertiary/aromatic N) is 3. The fourth-order valence-corrected chi connectivity index (χ4v) is 21.1. The number of fused-ring (bicyclic) bond motifs is 21. The maximum Gasteiger partial charge on any atom is 0.162 e. The molecule has 8 heteroatoms. The van der Waals surface area contributed by atoms with Gasteiger partial charge in [0.05, 0.1) is 22.0 Å². The Morgan fingerprint density at radius 1 is 0.208 bits per heavy atom. The van der Waals surface area contributed by atoms with E-state index < -0.39 is 5.41 Å². The molecule has 120 heavy (non-hydrogen) atoms. The van der Waals surface area contributed by atoms with Crippen LogP contribution in [0.1, 0.15) is 22.3 Å². The van der Waals surface area contributed by atoms with E-state index in [0.717, 1.165) is 204 Å². The number of rotatable bonds is 10. The Balaban J connectivity index is 0.646. The third kappa shape index (κ3) is 9.88. The third-order valence-electron chi connectivity index (χ3n) is 25.4. The van der Waals surface area contributed by atoms with Crippen LogP contribution in [0.2, 0.25) is 0 Å². The molecule has 1 aliphatic rings. The molecule has 8 heterocycles. The van der Waals surface area contributed by atoms with Gasteiger partial charge in [-0.25, -0.2) is 15.0 Å². The SMILES string of the molecule is c1ccc(C2(c3cccc(-c4cc5sc6c(-c7ccc(-c8c9ccccc9nc9c8oc8ccccc89)cc7)cccc6c5cc4-c4ccc5oc6c(-c7ccc(-c8ccc9oc%10ccccc%10c9c8)cc7)c7ccccc7nc6c5c4)c3)c3ccccc3-c3ccc(-c4ccc(-c5c6ccccc6nc6c5oc5ccccc56)cc4)cc32)cc1. The zero-order valence-electron chi connectivity index (χ0n) is 64.3. The first kappa shape index (κ1) is 66.7. The van der Waals surface area contributed by atoms with E-state index in [2.05, 4.69) is 346 Å². The summed E-state index contributed by atoms with van der Waals surface area (Å²) < 4.78 is 29.3. The van der Waals surface area contributed by atoms with Crippen molar-refractivity contribution < 1.29 is 17.7 Å². The number of thiophene rings is 1. The van der Waals surface area contributed by atoms with E-state index in [9.17, 15) is 0 Å². The van der Waals surface area contributed by atoms with Crippen LogP contribution in [-0.2, 0) is 5.41 Å². The average Bonchev–Trinajstić information content (AvgIpc) is 1.54. The molecular weight excluding hydrogens is 1480 g/mol. The quantitative estimate of drug-likeness (QED) is 0.135. The standard InChI is InChI=1S/C112H63N3O4S/c1-2-21-74(22-3-1)112(91-33-11-4-24-77(91)78-55-52-71(61-92(78)112)65-42-48-67(49-43-65)102-81-26-5-12-34-93(81)113-105-84-29-9-16-38-97(84)117-108(102)105)75-23-18-20-72(58-75)87-63-101-89(80-32-19-31-76(111(80)120-101)66-44-50-69(51-45-66)103-82-27-6-13-35-94(82)114-106-85-30-10-17-39-98(85)118-109(103)106)62-86(87)73-54-57-100-90(60-73)107-110(119-100)104(83-28-7-14-36-95(83)115-107)68-46-40-64(41-47-68)70-53-56-99-88(59-70)79-25-8-15-37-96(79)116-99/h1-63H. The zero-order valence-corrected chi connectivity index (χ0v) is 65.1. The fourth-order valence-electron chi connectivity index (χ4n) is 19.9. The van der Waals surface area contributed by atoms with Gasteiger partial charge < -0.3 is 17.7 Å². The van der Waals surface area contributed by atoms with Crippen LogP contribution >= 0.6 is 11.3 Å². The monoisotopic (exact) mass is 1550 g/mol. The molecule has 0 amide bonds. The van der Waals surface area contributed by atoms with E-state index in [-0.39, 0.29) is 0 Å². The molecule has 7 nitrogen and oxygen atoms in total. The predicted molar refractivity (Wildman–Crippen MR) is 495 cm³/mol. The largest absolute Gasteiger partial charge is 0.456 e. The molecule has 25 aromatic rings. The van der Waals surface area contributed by atoms with Crippen molar-refractivity contribution in [3.8, 4) is 100 Å². The first-order valence-electron chi connectivity index (χ1n) is 40.7. The molecule has 0 fully saturated rings. The van der Waals surface area contributed by atoms with E-state index >= 15 is 0 Å². The molecule has 0 radical (unpaired) electrons. The lowest BCUT2D eigenvalue weighted by Crippen LogP contribution is -2.28. The number of para-hydroxylation sites is 6. The van der Waals surface area contributed by atoms with Crippen LogP contribution in [0.3, 0.4) is 0 Å². The summed E-state index contributed by atoms with van der Waals surface area (Å²) in [5.41, 5.74) is 35.7. The summed E-state index contributed by atoms with van der Waals surface area (Å²) in [5, 5.41) is 10.7. The molecule has 8 aromatic heterocycles. The second-order valence-electron chi connectivity index (χ2n) is 31.8. The van der Waals surface area contributed by atoms with Crippen LogP contribution in [0.5, 0.6) is 0 Å². The van der Waals surface area contributed by atoms with Gasteiger partial charge in [0.15, 0.2) is 16.7 Å². The Kier molecular flexibility index (Phi) is 14.3. The van der Waals surface area contributed by atoms with Gasteiger partial charge in [0, 0.05) is 80.0 Å². The summed E-state index contributed by atoms with van der Waals surface area (Å²) in [4.78, 5) is 15.9. The van der Waals surface area contributed by atoms with Crippen LogP contribution in [0.25, 0.3) is 241 Å². The van der Waals surface area contributed by atoms with E-state index in [1.54, 1.807) is 0 Å². The zero-order chi connectivity index (χ0) is 78.4. The van der Waals surface area contributed by atoms with Gasteiger partial charge in [-0.15, -0.1) is 11.3 Å². The lowest BCUT2D eigenvalue weighted by atomic mass is 9.67. The Morgan fingerprint density at radius 3 is 1.23 bits per heavy atom. The highest BCUT2D eigenvalue weighted by Crippen LogP contribution is 2.59. The molecule has 0 N–H and O–H groups in total. The molecule has 0 aliphatic heterocycles. The fraction of sp³-hybridized carbons (Fsp3) is 0.00893. The van der Waals surface area contributed by atoms with Gasteiger partial charge in [-0.1, -0.05) is 285 Å². The maximum absolute atomic E-state index is 7.20. The van der Waals surface area contributed by atoms with E-state index in [4.69, 9.17) is 32.6 Å². The van der Waals surface area contributed by atoms with Gasteiger partial charge in [0.25, 0.3) is 0 Å². The summed E-state index contributed by atoms with van der Waals surface area (Å²) in [6.45, 7) is 0. The van der Waals surface area contributed by atoms with Crippen LogP contribution in [0, 0.1) is 0 Å². The number of pyridine rings is 3. The Bertz CT molecular complexity index is 8660. The molecule has 0 saturated carbocycles. The summed E-state index contributed by atoms with van der Waals surface area (Å²) in [6.07, 6.45) is 0. The normalized spacial score (nSPS) is 13.5. The van der Waals surface area contributed by atoms with Gasteiger partial charge in [-0.3, -0.25) is 0 Å². The average molecular weight is 1550 g/mol. The maximum atomic E-state index is 7.20. The smallest absolute Gasteiger partial charge is 0.162 e. The first-order valence-corrected chi connectivity index (χ1v) is 41.5. The number of furan rings is 4. The van der Waals surface area contributed by atoms with Gasteiger partial charge in [-0.05, 0) is 203 Å². The molecule has 26 rings (SSSR count). The molecule has 556 valence electrons. The number of hydrogen-bond donors (Lipinski definition) is 0. The second kappa shape index (κ2) is 25.7. The summed E-state index contributed by atoms with van der Waals surface area (Å²) in [6, 6.07) is 139. The van der Waals surface area contributed by atoms with Gasteiger partial charge in [-0.2, -0.15) is 0 Å².